The second kappa shape index (κ2) is 6.34. The Balaban J connectivity index is 1.88. The molecule has 3 aliphatic rings. The number of benzene rings is 1. The number of rotatable bonds is 4. The Labute approximate surface area is 163 Å². The zero-order chi connectivity index (χ0) is 19.5. The van der Waals surface area contributed by atoms with E-state index in [4.69, 9.17) is 0 Å². The highest BCUT2D eigenvalue weighted by atomic mass is 32.2. The van der Waals surface area contributed by atoms with Crippen molar-refractivity contribution in [1.82, 2.24) is 10.2 Å². The van der Waals surface area contributed by atoms with E-state index < -0.39 is 17.4 Å². The van der Waals surface area contributed by atoms with Crippen LogP contribution in [0.25, 0.3) is 0 Å². The first kappa shape index (κ1) is 18.5. The van der Waals surface area contributed by atoms with Gasteiger partial charge in [-0.3, -0.25) is 24.6 Å². The van der Waals surface area contributed by atoms with Crippen LogP contribution in [0, 0.1) is 11.8 Å². The standard InChI is InChI=1S/C20H25N3O3S/c1-11(2)23-17(24)15-13(9-10-27-4)21-20(16(15)18(23)25)12-7-5-6-8-14(12)22(3)19(20)26/h5-8,11,13,15-16,21H,9-10H2,1-4H3. The third-order valence-corrected chi connectivity index (χ3v) is 6.82. The Hall–Kier alpha value is -1.86. The maximum Gasteiger partial charge on any atom is 0.252 e. The molecule has 7 heteroatoms. The highest BCUT2D eigenvalue weighted by Crippen LogP contribution is 2.54. The summed E-state index contributed by atoms with van der Waals surface area (Å²) in [6.07, 6.45) is 2.77. The minimum Gasteiger partial charge on any atom is -0.313 e. The average Bonchev–Trinajstić information content (AvgIpc) is 3.20. The van der Waals surface area contributed by atoms with E-state index in [0.717, 1.165) is 23.4 Å². The number of carbonyl (C=O) groups excluding carboxylic acids is 3. The van der Waals surface area contributed by atoms with Gasteiger partial charge >= 0.3 is 0 Å². The summed E-state index contributed by atoms with van der Waals surface area (Å²) in [5.41, 5.74) is 0.476. The molecule has 4 rings (SSSR count). The number of para-hydroxylation sites is 1. The fraction of sp³-hybridized carbons (Fsp3) is 0.550. The number of likely N-dealkylation sites (tertiary alicyclic amines) is 1. The maximum atomic E-state index is 13.5. The van der Waals surface area contributed by atoms with E-state index in [9.17, 15) is 14.4 Å². The van der Waals surface area contributed by atoms with Crippen molar-refractivity contribution < 1.29 is 14.4 Å². The van der Waals surface area contributed by atoms with Crippen molar-refractivity contribution in [2.75, 3.05) is 24.0 Å². The summed E-state index contributed by atoms with van der Waals surface area (Å²) < 4.78 is 0. The fourth-order valence-electron chi connectivity index (χ4n) is 5.08. The van der Waals surface area contributed by atoms with Gasteiger partial charge in [-0.15, -0.1) is 0 Å². The Morgan fingerprint density at radius 1 is 1.19 bits per heavy atom. The second-order valence-corrected chi connectivity index (χ2v) is 8.85. The van der Waals surface area contributed by atoms with Crippen LogP contribution in [-0.4, -0.2) is 53.8 Å². The molecule has 0 radical (unpaired) electrons. The molecule has 1 N–H and O–H groups in total. The van der Waals surface area contributed by atoms with Gasteiger partial charge in [-0.05, 0) is 38.3 Å². The summed E-state index contributed by atoms with van der Waals surface area (Å²) in [5, 5.41) is 3.49. The number of imide groups is 1. The van der Waals surface area contributed by atoms with Crippen molar-refractivity contribution in [1.29, 1.82) is 0 Å². The average molecular weight is 388 g/mol. The van der Waals surface area contributed by atoms with Crippen LogP contribution in [-0.2, 0) is 19.9 Å². The van der Waals surface area contributed by atoms with Gasteiger partial charge in [0.05, 0.1) is 11.8 Å². The predicted molar refractivity (Wildman–Crippen MR) is 105 cm³/mol. The molecule has 2 saturated heterocycles. The molecule has 3 aliphatic heterocycles. The van der Waals surface area contributed by atoms with E-state index >= 15 is 0 Å². The number of hydrogen-bond acceptors (Lipinski definition) is 5. The third kappa shape index (κ3) is 2.27. The molecule has 3 amide bonds. The topological polar surface area (TPSA) is 69.7 Å². The number of carbonyl (C=O) groups is 3. The van der Waals surface area contributed by atoms with Gasteiger partial charge in [-0.1, -0.05) is 18.2 Å². The minimum atomic E-state index is -1.14. The molecule has 144 valence electrons. The maximum absolute atomic E-state index is 13.5. The molecule has 1 aromatic carbocycles. The first-order chi connectivity index (χ1) is 12.9. The van der Waals surface area contributed by atoms with Crippen LogP contribution in [0.4, 0.5) is 5.69 Å². The number of hydrogen-bond donors (Lipinski definition) is 1. The Morgan fingerprint density at radius 2 is 1.89 bits per heavy atom. The largest absolute Gasteiger partial charge is 0.313 e. The van der Waals surface area contributed by atoms with E-state index in [-0.39, 0.29) is 29.8 Å². The van der Waals surface area contributed by atoms with Crippen molar-refractivity contribution in [3.8, 4) is 0 Å². The van der Waals surface area contributed by atoms with Gasteiger partial charge in [0, 0.05) is 30.4 Å². The smallest absolute Gasteiger partial charge is 0.252 e. The van der Waals surface area contributed by atoms with Gasteiger partial charge in [-0.2, -0.15) is 11.8 Å². The fourth-order valence-corrected chi connectivity index (χ4v) is 5.57. The summed E-state index contributed by atoms with van der Waals surface area (Å²) in [4.78, 5) is 43.0. The highest BCUT2D eigenvalue weighted by molar-refractivity contribution is 7.98. The van der Waals surface area contributed by atoms with Crippen LogP contribution in [0.2, 0.25) is 0 Å². The van der Waals surface area contributed by atoms with Crippen LogP contribution in [0.5, 0.6) is 0 Å². The number of fused-ring (bicyclic) bond motifs is 4. The molecule has 3 heterocycles. The van der Waals surface area contributed by atoms with Gasteiger partial charge < -0.3 is 4.90 Å². The molecule has 4 atom stereocenters. The number of anilines is 1. The SMILES string of the molecule is CSCCC1NC2(C(=O)N(C)c3ccccc32)C2C(=O)N(C(C)C)C(=O)C12. The number of nitrogens with one attached hydrogen (secondary N) is 1. The summed E-state index contributed by atoms with van der Waals surface area (Å²) in [6.45, 7) is 3.70. The van der Waals surface area contributed by atoms with Gasteiger partial charge in [0.2, 0.25) is 11.8 Å². The normalized spacial score (nSPS) is 32.2. The van der Waals surface area contributed by atoms with Crippen molar-refractivity contribution in [3.63, 3.8) is 0 Å². The zero-order valence-electron chi connectivity index (χ0n) is 16.1. The lowest BCUT2D eigenvalue weighted by Crippen LogP contribution is -2.55. The van der Waals surface area contributed by atoms with E-state index in [0.29, 0.717) is 0 Å². The number of thioether (sulfide) groups is 1. The lowest BCUT2D eigenvalue weighted by Gasteiger charge is -2.31. The highest BCUT2D eigenvalue weighted by Gasteiger charge is 2.71. The van der Waals surface area contributed by atoms with Crippen molar-refractivity contribution >= 4 is 35.2 Å². The molecular weight excluding hydrogens is 362 g/mol. The zero-order valence-corrected chi connectivity index (χ0v) is 16.9. The monoisotopic (exact) mass is 387 g/mol. The molecule has 0 aliphatic carbocycles. The summed E-state index contributed by atoms with van der Waals surface area (Å²) in [7, 11) is 1.74. The third-order valence-electron chi connectivity index (χ3n) is 6.18. The number of amides is 3. The van der Waals surface area contributed by atoms with Gasteiger partial charge in [0.25, 0.3) is 5.91 Å². The van der Waals surface area contributed by atoms with Crippen LogP contribution in [0.1, 0.15) is 25.8 Å². The van der Waals surface area contributed by atoms with Crippen molar-refractivity contribution in [2.24, 2.45) is 11.8 Å². The lowest BCUT2D eigenvalue weighted by atomic mass is 9.76. The van der Waals surface area contributed by atoms with E-state index in [1.54, 1.807) is 23.7 Å². The van der Waals surface area contributed by atoms with Crippen LogP contribution >= 0.6 is 11.8 Å². The predicted octanol–water partition coefficient (Wildman–Crippen LogP) is 1.59. The number of nitrogens with zero attached hydrogens (tertiary/aromatic N) is 2. The van der Waals surface area contributed by atoms with Gasteiger partial charge in [-0.25, -0.2) is 0 Å². The van der Waals surface area contributed by atoms with Crippen molar-refractivity contribution in [2.45, 2.75) is 37.9 Å². The summed E-state index contributed by atoms with van der Waals surface area (Å²) in [6, 6.07) is 7.19. The molecule has 4 unspecified atom stereocenters. The van der Waals surface area contributed by atoms with Gasteiger partial charge in [0.1, 0.15) is 5.54 Å². The summed E-state index contributed by atoms with van der Waals surface area (Å²) >= 11 is 1.70. The Kier molecular flexibility index (Phi) is 4.35. The van der Waals surface area contributed by atoms with E-state index in [2.05, 4.69) is 5.32 Å². The first-order valence-corrected chi connectivity index (χ1v) is 10.8. The molecule has 1 spiro atoms. The molecular formula is C20H25N3O3S. The molecule has 0 bridgehead atoms. The van der Waals surface area contributed by atoms with Crippen LogP contribution in [0.3, 0.4) is 0 Å². The van der Waals surface area contributed by atoms with Crippen LogP contribution in [0.15, 0.2) is 24.3 Å². The van der Waals surface area contributed by atoms with Gasteiger partial charge in [0.15, 0.2) is 0 Å². The molecule has 1 aromatic rings. The molecule has 6 nitrogen and oxygen atoms in total. The van der Waals surface area contributed by atoms with E-state index in [1.165, 1.54) is 4.90 Å². The molecule has 0 saturated carbocycles. The lowest BCUT2D eigenvalue weighted by molar-refractivity contribution is -0.144. The van der Waals surface area contributed by atoms with E-state index in [1.807, 2.05) is 44.4 Å². The van der Waals surface area contributed by atoms with Crippen molar-refractivity contribution in [3.05, 3.63) is 29.8 Å². The minimum absolute atomic E-state index is 0.142. The Bertz CT molecular complexity index is 826. The molecule has 0 aromatic heterocycles. The molecule has 2 fully saturated rings. The van der Waals surface area contributed by atoms with Crippen LogP contribution < -0.4 is 10.2 Å². The molecule has 27 heavy (non-hydrogen) atoms. The summed E-state index contributed by atoms with van der Waals surface area (Å²) in [5.74, 6) is -0.815. The quantitative estimate of drug-likeness (QED) is 0.795. The Morgan fingerprint density at radius 3 is 2.56 bits per heavy atom. The first-order valence-electron chi connectivity index (χ1n) is 9.37. The second-order valence-electron chi connectivity index (χ2n) is 7.87. The number of likely N-dealkylation sites (N-methyl/N-ethyl adjacent to an activating group) is 1.